The second-order valence-corrected chi connectivity index (χ2v) is 4.49. The molecule has 0 fully saturated rings. The molecule has 0 aromatic heterocycles. The number of halogens is 2. The van der Waals surface area contributed by atoms with Gasteiger partial charge in [-0.25, -0.2) is 4.79 Å². The predicted molar refractivity (Wildman–Crippen MR) is 70.4 cm³/mol. The highest BCUT2D eigenvalue weighted by Gasteiger charge is 2.05. The number of hydrogen-bond acceptors (Lipinski definition) is 3. The SMILES string of the molecule is NC(=O)NC(=O)CNc1ccc(Cl)cc1I. The maximum absolute atomic E-state index is 11.1. The third kappa shape index (κ3) is 4.23. The molecule has 5 nitrogen and oxygen atoms in total. The zero-order valence-corrected chi connectivity index (χ0v) is 11.0. The van der Waals surface area contributed by atoms with Gasteiger partial charge >= 0.3 is 6.03 Å². The molecular weight excluding hydrogens is 344 g/mol. The van der Waals surface area contributed by atoms with Crippen LogP contribution < -0.4 is 16.4 Å². The van der Waals surface area contributed by atoms with Crippen molar-refractivity contribution in [1.82, 2.24) is 5.32 Å². The van der Waals surface area contributed by atoms with Gasteiger partial charge in [0.1, 0.15) is 0 Å². The molecule has 0 aliphatic rings. The van der Waals surface area contributed by atoms with Crippen molar-refractivity contribution >= 4 is 51.8 Å². The highest BCUT2D eigenvalue weighted by Crippen LogP contribution is 2.21. The lowest BCUT2D eigenvalue weighted by atomic mass is 10.3. The number of carbonyl (C=O) groups excluding carboxylic acids is 2. The Hall–Kier alpha value is -1.02. The van der Waals surface area contributed by atoms with Gasteiger partial charge in [-0.15, -0.1) is 0 Å². The molecule has 0 saturated carbocycles. The average molecular weight is 354 g/mol. The number of imide groups is 1. The number of primary amides is 1. The molecule has 1 aromatic rings. The van der Waals surface area contributed by atoms with Gasteiger partial charge in [-0.05, 0) is 40.8 Å². The Labute approximate surface area is 111 Å². The summed E-state index contributed by atoms with van der Waals surface area (Å²) in [6.45, 7) is -0.0272. The van der Waals surface area contributed by atoms with E-state index in [4.69, 9.17) is 17.3 Å². The number of carbonyl (C=O) groups is 2. The van der Waals surface area contributed by atoms with E-state index in [2.05, 4.69) is 27.9 Å². The molecule has 1 aromatic carbocycles. The molecule has 0 unspecified atom stereocenters. The third-order valence-electron chi connectivity index (χ3n) is 1.63. The molecule has 0 atom stereocenters. The van der Waals surface area contributed by atoms with E-state index in [9.17, 15) is 9.59 Å². The smallest absolute Gasteiger partial charge is 0.318 e. The number of nitrogens with one attached hydrogen (secondary N) is 2. The van der Waals surface area contributed by atoms with E-state index in [1.165, 1.54) is 0 Å². The van der Waals surface area contributed by atoms with Crippen LogP contribution in [0.4, 0.5) is 10.5 Å². The molecule has 1 rings (SSSR count). The van der Waals surface area contributed by atoms with Crippen LogP contribution in [-0.2, 0) is 4.79 Å². The number of benzene rings is 1. The van der Waals surface area contributed by atoms with Gasteiger partial charge in [0.25, 0.3) is 0 Å². The van der Waals surface area contributed by atoms with Gasteiger partial charge < -0.3 is 11.1 Å². The largest absolute Gasteiger partial charge is 0.375 e. The Morgan fingerprint density at radius 3 is 2.69 bits per heavy atom. The van der Waals surface area contributed by atoms with E-state index in [-0.39, 0.29) is 6.54 Å². The normalized spacial score (nSPS) is 9.62. The maximum Gasteiger partial charge on any atom is 0.318 e. The summed E-state index contributed by atoms with van der Waals surface area (Å²) < 4.78 is 0.886. The first-order valence-corrected chi connectivity index (χ1v) is 5.73. The fourth-order valence-corrected chi connectivity index (χ4v) is 2.05. The summed E-state index contributed by atoms with van der Waals surface area (Å²) in [7, 11) is 0. The summed E-state index contributed by atoms with van der Waals surface area (Å²) >= 11 is 7.86. The maximum atomic E-state index is 11.1. The van der Waals surface area contributed by atoms with Gasteiger partial charge in [0.2, 0.25) is 5.91 Å². The zero-order chi connectivity index (χ0) is 12.1. The summed E-state index contributed by atoms with van der Waals surface area (Å²) in [6.07, 6.45) is 0. The Bertz CT molecular complexity index is 425. The number of amides is 3. The molecule has 3 amide bonds. The number of nitrogens with two attached hydrogens (primary N) is 1. The van der Waals surface area contributed by atoms with Crippen molar-refractivity contribution in [3.05, 3.63) is 26.8 Å². The van der Waals surface area contributed by atoms with Crippen molar-refractivity contribution in [1.29, 1.82) is 0 Å². The minimum absolute atomic E-state index is 0.0272. The van der Waals surface area contributed by atoms with E-state index >= 15 is 0 Å². The van der Waals surface area contributed by atoms with Crippen LogP contribution in [-0.4, -0.2) is 18.5 Å². The molecule has 0 heterocycles. The molecule has 0 saturated heterocycles. The van der Waals surface area contributed by atoms with Crippen molar-refractivity contribution in [2.75, 3.05) is 11.9 Å². The van der Waals surface area contributed by atoms with Crippen LogP contribution in [0.5, 0.6) is 0 Å². The third-order valence-corrected chi connectivity index (χ3v) is 2.76. The van der Waals surface area contributed by atoms with E-state index in [1.807, 2.05) is 5.32 Å². The molecule has 0 bridgehead atoms. The van der Waals surface area contributed by atoms with E-state index < -0.39 is 11.9 Å². The lowest BCUT2D eigenvalue weighted by Crippen LogP contribution is -2.38. The molecule has 0 aliphatic carbocycles. The minimum Gasteiger partial charge on any atom is -0.375 e. The Kier molecular flexibility index (Phi) is 4.81. The fourth-order valence-electron chi connectivity index (χ4n) is 0.990. The van der Waals surface area contributed by atoms with Crippen LogP contribution in [0.25, 0.3) is 0 Å². The van der Waals surface area contributed by atoms with Crippen molar-refractivity contribution in [2.45, 2.75) is 0 Å². The van der Waals surface area contributed by atoms with E-state index in [0.717, 1.165) is 9.26 Å². The van der Waals surface area contributed by atoms with Crippen LogP contribution in [0.15, 0.2) is 18.2 Å². The molecule has 7 heteroatoms. The lowest BCUT2D eigenvalue weighted by molar-refractivity contribution is -0.118. The number of urea groups is 1. The van der Waals surface area contributed by atoms with Crippen molar-refractivity contribution in [3.8, 4) is 0 Å². The highest BCUT2D eigenvalue weighted by molar-refractivity contribution is 14.1. The topological polar surface area (TPSA) is 84.2 Å². The second-order valence-electron chi connectivity index (χ2n) is 2.89. The Morgan fingerprint density at radius 2 is 2.12 bits per heavy atom. The molecular formula is C9H9ClIN3O2. The van der Waals surface area contributed by atoms with Gasteiger partial charge in [-0.1, -0.05) is 11.6 Å². The van der Waals surface area contributed by atoms with Crippen LogP contribution in [0, 0.1) is 3.57 Å². The fraction of sp³-hybridized carbons (Fsp3) is 0.111. The van der Waals surface area contributed by atoms with Gasteiger partial charge in [0.05, 0.1) is 6.54 Å². The standard InChI is InChI=1S/C9H9ClIN3O2/c10-5-1-2-7(6(11)3-5)13-4-8(15)14-9(12)16/h1-3,13H,4H2,(H3,12,14,15,16). The monoisotopic (exact) mass is 353 g/mol. The quantitative estimate of drug-likeness (QED) is 0.721. The molecule has 86 valence electrons. The highest BCUT2D eigenvalue weighted by atomic mass is 127. The van der Waals surface area contributed by atoms with Gasteiger partial charge in [0.15, 0.2) is 0 Å². The summed E-state index contributed by atoms with van der Waals surface area (Å²) in [6, 6.07) is 4.36. The van der Waals surface area contributed by atoms with Crippen molar-refractivity contribution < 1.29 is 9.59 Å². The summed E-state index contributed by atoms with van der Waals surface area (Å²) in [5, 5.41) is 5.43. The van der Waals surface area contributed by atoms with E-state index in [0.29, 0.717) is 5.02 Å². The van der Waals surface area contributed by atoms with Gasteiger partial charge in [-0.3, -0.25) is 10.1 Å². The van der Waals surface area contributed by atoms with Crippen LogP contribution in [0.2, 0.25) is 5.02 Å². The average Bonchev–Trinajstić information content (AvgIpc) is 2.15. The predicted octanol–water partition coefficient (Wildman–Crippen LogP) is 1.55. The first kappa shape index (κ1) is 13.0. The lowest BCUT2D eigenvalue weighted by Gasteiger charge is -2.07. The first-order valence-electron chi connectivity index (χ1n) is 4.27. The molecule has 4 N–H and O–H groups in total. The molecule has 16 heavy (non-hydrogen) atoms. The Balaban J connectivity index is 2.54. The van der Waals surface area contributed by atoms with Crippen molar-refractivity contribution in [3.63, 3.8) is 0 Å². The zero-order valence-electron chi connectivity index (χ0n) is 8.09. The first-order chi connectivity index (χ1) is 7.49. The summed E-state index contributed by atoms with van der Waals surface area (Å²) in [5.74, 6) is -0.488. The van der Waals surface area contributed by atoms with Crippen LogP contribution in [0.1, 0.15) is 0 Å². The van der Waals surface area contributed by atoms with Crippen molar-refractivity contribution in [2.24, 2.45) is 5.73 Å². The van der Waals surface area contributed by atoms with Gasteiger partial charge in [-0.2, -0.15) is 0 Å². The Morgan fingerprint density at radius 1 is 1.44 bits per heavy atom. The second kappa shape index (κ2) is 5.90. The minimum atomic E-state index is -0.863. The van der Waals surface area contributed by atoms with E-state index in [1.54, 1.807) is 18.2 Å². The number of anilines is 1. The van der Waals surface area contributed by atoms with Crippen LogP contribution in [0.3, 0.4) is 0 Å². The summed E-state index contributed by atoms with van der Waals surface area (Å²) in [4.78, 5) is 21.5. The molecule has 0 spiro atoms. The number of rotatable bonds is 3. The number of hydrogen-bond donors (Lipinski definition) is 3. The summed E-state index contributed by atoms with van der Waals surface area (Å²) in [5.41, 5.74) is 5.56. The van der Waals surface area contributed by atoms with Crippen LogP contribution >= 0.6 is 34.2 Å². The molecule has 0 aliphatic heterocycles. The molecule has 0 radical (unpaired) electrons. The van der Waals surface area contributed by atoms with Gasteiger partial charge in [0, 0.05) is 14.3 Å².